The highest BCUT2D eigenvalue weighted by Crippen LogP contribution is 2.22. The Labute approximate surface area is 163 Å². The van der Waals surface area contributed by atoms with Gasteiger partial charge in [-0.05, 0) is 37.5 Å². The third kappa shape index (κ3) is 4.33. The molecule has 2 rings (SSSR count). The van der Waals surface area contributed by atoms with Gasteiger partial charge in [-0.3, -0.25) is 24.0 Å². The molecule has 152 valence electrons. The summed E-state index contributed by atoms with van der Waals surface area (Å²) in [6.07, 6.45) is 1.58. The number of hydrogen-bond acceptors (Lipinski definition) is 5. The summed E-state index contributed by atoms with van der Waals surface area (Å²) in [4.78, 5) is 41.7. The number of aryl methyl sites for hydroxylation is 1. The van der Waals surface area contributed by atoms with Crippen LogP contribution in [0.1, 0.15) is 41.3 Å². The average molecular weight is 388 g/mol. The molecule has 0 unspecified atom stereocenters. The van der Waals surface area contributed by atoms with E-state index in [-0.39, 0.29) is 30.6 Å². The van der Waals surface area contributed by atoms with E-state index in [4.69, 9.17) is 10.5 Å². The van der Waals surface area contributed by atoms with Gasteiger partial charge in [0, 0.05) is 25.8 Å². The fourth-order valence-electron chi connectivity index (χ4n) is 3.00. The van der Waals surface area contributed by atoms with E-state index in [1.54, 1.807) is 12.1 Å². The lowest BCUT2D eigenvalue weighted by Gasteiger charge is -2.25. The first-order valence-electron chi connectivity index (χ1n) is 9.33. The molecular weight excluding hydrogens is 360 g/mol. The van der Waals surface area contributed by atoms with E-state index in [1.807, 2.05) is 26.8 Å². The van der Waals surface area contributed by atoms with Crippen molar-refractivity contribution in [2.24, 2.45) is 0 Å². The topological polar surface area (TPSA) is 110 Å². The zero-order valence-corrected chi connectivity index (χ0v) is 16.9. The standard InChI is InChI=1S/C20H28N4O4/c1-5-6-10-24-17(21)16(18(25)22-20(24)27)23(11-12-28-4)19(26)15-9-7-8-13(2)14(15)3/h7-9H,5-6,10-12,21H2,1-4H3,(H,22,25,27). The second-order valence-electron chi connectivity index (χ2n) is 6.70. The van der Waals surface area contributed by atoms with Crippen LogP contribution in [0.5, 0.6) is 0 Å². The highest BCUT2D eigenvalue weighted by Gasteiger charge is 2.26. The number of nitrogens with two attached hydrogens (primary N) is 1. The van der Waals surface area contributed by atoms with E-state index in [1.165, 1.54) is 16.6 Å². The first-order valence-corrected chi connectivity index (χ1v) is 9.33. The number of benzene rings is 1. The normalized spacial score (nSPS) is 10.9. The van der Waals surface area contributed by atoms with Crippen LogP contribution >= 0.6 is 0 Å². The summed E-state index contributed by atoms with van der Waals surface area (Å²) in [5, 5.41) is 0. The fourth-order valence-corrected chi connectivity index (χ4v) is 3.00. The number of anilines is 2. The molecule has 1 heterocycles. The first kappa shape index (κ1) is 21.4. The van der Waals surface area contributed by atoms with Gasteiger partial charge in [-0.1, -0.05) is 25.5 Å². The molecule has 1 amide bonds. The summed E-state index contributed by atoms with van der Waals surface area (Å²) in [5.74, 6) is -0.381. The fraction of sp³-hybridized carbons (Fsp3) is 0.450. The third-order valence-corrected chi connectivity index (χ3v) is 4.82. The SMILES string of the molecule is CCCCn1c(N)c(N(CCOC)C(=O)c2cccc(C)c2C)c(=O)[nH]c1=O. The lowest BCUT2D eigenvalue weighted by molar-refractivity contribution is 0.0975. The lowest BCUT2D eigenvalue weighted by Crippen LogP contribution is -2.42. The molecule has 28 heavy (non-hydrogen) atoms. The second kappa shape index (κ2) is 9.36. The number of carbonyl (C=O) groups excluding carboxylic acids is 1. The molecule has 0 aliphatic heterocycles. The van der Waals surface area contributed by atoms with Crippen molar-refractivity contribution < 1.29 is 9.53 Å². The van der Waals surface area contributed by atoms with Crippen molar-refractivity contribution in [3.63, 3.8) is 0 Å². The number of H-pyrrole nitrogens is 1. The number of nitrogens with one attached hydrogen (secondary N) is 1. The van der Waals surface area contributed by atoms with Crippen molar-refractivity contribution in [3.8, 4) is 0 Å². The summed E-state index contributed by atoms with van der Waals surface area (Å²) in [5.41, 5.74) is 7.16. The van der Waals surface area contributed by atoms with Crippen LogP contribution in [0, 0.1) is 13.8 Å². The minimum absolute atomic E-state index is 0.0167. The van der Waals surface area contributed by atoms with Crippen molar-refractivity contribution in [2.45, 2.75) is 40.2 Å². The van der Waals surface area contributed by atoms with Gasteiger partial charge < -0.3 is 10.5 Å². The van der Waals surface area contributed by atoms with Crippen LogP contribution < -0.4 is 21.9 Å². The van der Waals surface area contributed by atoms with Crippen molar-refractivity contribution in [1.29, 1.82) is 0 Å². The van der Waals surface area contributed by atoms with Crippen LogP contribution in [-0.4, -0.2) is 35.7 Å². The molecule has 0 saturated carbocycles. The predicted octanol–water partition coefficient (Wildman–Crippen LogP) is 1.83. The van der Waals surface area contributed by atoms with E-state index >= 15 is 0 Å². The zero-order chi connectivity index (χ0) is 20.8. The van der Waals surface area contributed by atoms with Gasteiger partial charge in [-0.25, -0.2) is 4.79 Å². The van der Waals surface area contributed by atoms with E-state index in [0.29, 0.717) is 12.1 Å². The number of amides is 1. The largest absolute Gasteiger partial charge is 0.383 e. The number of aromatic nitrogens is 2. The molecule has 0 saturated heterocycles. The predicted molar refractivity (Wildman–Crippen MR) is 110 cm³/mol. The molecule has 1 aromatic heterocycles. The number of nitrogen functional groups attached to an aromatic ring is 1. The molecule has 0 spiro atoms. The Balaban J connectivity index is 2.63. The van der Waals surface area contributed by atoms with E-state index < -0.39 is 11.2 Å². The number of methoxy groups -OCH3 is 1. The second-order valence-corrected chi connectivity index (χ2v) is 6.70. The summed E-state index contributed by atoms with van der Waals surface area (Å²) in [7, 11) is 1.51. The summed E-state index contributed by atoms with van der Waals surface area (Å²) in [6.45, 7) is 6.46. The van der Waals surface area contributed by atoms with E-state index in [2.05, 4.69) is 4.98 Å². The Morgan fingerprint density at radius 2 is 2.00 bits per heavy atom. The van der Waals surface area contributed by atoms with Crippen LogP contribution in [0.2, 0.25) is 0 Å². The van der Waals surface area contributed by atoms with Gasteiger partial charge in [0.2, 0.25) is 0 Å². The van der Waals surface area contributed by atoms with Crippen LogP contribution in [-0.2, 0) is 11.3 Å². The quantitative estimate of drug-likeness (QED) is 0.717. The van der Waals surface area contributed by atoms with Crippen molar-refractivity contribution >= 4 is 17.4 Å². The lowest BCUT2D eigenvalue weighted by atomic mass is 10.0. The number of hydrogen-bond donors (Lipinski definition) is 2. The maximum atomic E-state index is 13.3. The monoisotopic (exact) mass is 388 g/mol. The van der Waals surface area contributed by atoms with Crippen molar-refractivity contribution in [3.05, 3.63) is 55.7 Å². The van der Waals surface area contributed by atoms with Crippen LogP contribution in [0.3, 0.4) is 0 Å². The Bertz CT molecular complexity index is 962. The molecule has 0 fully saturated rings. The van der Waals surface area contributed by atoms with Crippen LogP contribution in [0.4, 0.5) is 11.5 Å². The number of rotatable bonds is 8. The molecule has 0 aliphatic rings. The Kier molecular flexibility index (Phi) is 7.17. The van der Waals surface area contributed by atoms with Gasteiger partial charge in [-0.15, -0.1) is 0 Å². The number of ether oxygens (including phenoxy) is 1. The van der Waals surface area contributed by atoms with E-state index in [0.717, 1.165) is 24.0 Å². The average Bonchev–Trinajstić information content (AvgIpc) is 2.65. The molecule has 0 aliphatic carbocycles. The zero-order valence-electron chi connectivity index (χ0n) is 16.9. The summed E-state index contributed by atoms with van der Waals surface area (Å²) >= 11 is 0. The molecular formula is C20H28N4O4. The van der Waals surface area contributed by atoms with Crippen molar-refractivity contribution in [1.82, 2.24) is 9.55 Å². The highest BCUT2D eigenvalue weighted by molar-refractivity contribution is 6.08. The summed E-state index contributed by atoms with van der Waals surface area (Å²) in [6, 6.07) is 5.42. The number of carbonyl (C=O) groups is 1. The molecule has 8 heteroatoms. The molecule has 0 radical (unpaired) electrons. The van der Waals surface area contributed by atoms with Gasteiger partial charge in [0.1, 0.15) is 5.82 Å². The Morgan fingerprint density at radius 1 is 1.29 bits per heavy atom. The molecule has 0 atom stereocenters. The Morgan fingerprint density at radius 3 is 2.64 bits per heavy atom. The summed E-state index contributed by atoms with van der Waals surface area (Å²) < 4.78 is 6.42. The number of nitrogens with zero attached hydrogens (tertiary/aromatic N) is 2. The van der Waals surface area contributed by atoms with Gasteiger partial charge in [0.15, 0.2) is 5.69 Å². The van der Waals surface area contributed by atoms with Crippen LogP contribution in [0.25, 0.3) is 0 Å². The van der Waals surface area contributed by atoms with Crippen molar-refractivity contribution in [2.75, 3.05) is 30.9 Å². The molecule has 3 N–H and O–H groups in total. The number of unbranched alkanes of at least 4 members (excludes halogenated alkanes) is 1. The van der Waals surface area contributed by atoms with Gasteiger partial charge in [0.25, 0.3) is 11.5 Å². The maximum Gasteiger partial charge on any atom is 0.330 e. The Hall–Kier alpha value is -2.87. The van der Waals surface area contributed by atoms with E-state index in [9.17, 15) is 14.4 Å². The molecule has 0 bridgehead atoms. The number of aromatic amines is 1. The first-order chi connectivity index (χ1) is 13.3. The minimum Gasteiger partial charge on any atom is -0.383 e. The van der Waals surface area contributed by atoms with Gasteiger partial charge in [0.05, 0.1) is 6.61 Å². The van der Waals surface area contributed by atoms with Crippen LogP contribution in [0.15, 0.2) is 27.8 Å². The molecule has 8 nitrogen and oxygen atoms in total. The van der Waals surface area contributed by atoms with Gasteiger partial charge in [-0.2, -0.15) is 0 Å². The minimum atomic E-state index is -0.690. The molecule has 2 aromatic rings. The maximum absolute atomic E-state index is 13.3. The smallest absolute Gasteiger partial charge is 0.330 e. The third-order valence-electron chi connectivity index (χ3n) is 4.82. The highest BCUT2D eigenvalue weighted by atomic mass is 16.5. The molecule has 1 aromatic carbocycles. The van der Waals surface area contributed by atoms with Gasteiger partial charge >= 0.3 is 5.69 Å².